The van der Waals surface area contributed by atoms with Crippen molar-refractivity contribution in [2.45, 2.75) is 185 Å². The van der Waals surface area contributed by atoms with Gasteiger partial charge in [-0.2, -0.15) is 0 Å². The van der Waals surface area contributed by atoms with Gasteiger partial charge in [-0.3, -0.25) is 39.0 Å². The van der Waals surface area contributed by atoms with Gasteiger partial charge in [0, 0.05) is 45.7 Å². The maximum Gasteiger partial charge on any atom is 0.242 e. The van der Waals surface area contributed by atoms with Gasteiger partial charge in [-0.05, 0) is 46.0 Å². The number of aliphatic hydroxyl groups excluding tert-OH is 6. The second-order valence-electron chi connectivity index (χ2n) is 18.1. The minimum Gasteiger partial charge on any atom is -0.388 e. The molecule has 31 nitrogen and oxygen atoms in total. The molecule has 0 bridgehead atoms. The van der Waals surface area contributed by atoms with Crippen molar-refractivity contribution in [3.05, 3.63) is 23.8 Å². The number of nitrogens with zero attached hydrogens (tertiary/aromatic N) is 6. The Morgan fingerprint density at radius 2 is 1.04 bits per heavy atom. The number of carbonyl (C=O) groups excluding carboxylic acids is 7. The molecule has 2 aliphatic heterocycles. The van der Waals surface area contributed by atoms with Gasteiger partial charge in [0.1, 0.15) is 60.1 Å². The number of aliphatic hydroxyl groups is 6. The number of carbonyl (C=O) groups is 7. The third-order valence-electron chi connectivity index (χ3n) is 12.0. The summed E-state index contributed by atoms with van der Waals surface area (Å²) in [5, 5.41) is 91.8. The zero-order valence-corrected chi connectivity index (χ0v) is 42.2. The zero-order valence-electron chi connectivity index (χ0n) is 42.2. The highest BCUT2D eigenvalue weighted by Gasteiger charge is 2.43. The molecule has 15 N–H and O–H groups in total. The highest BCUT2D eigenvalue weighted by molar-refractivity contribution is 5.89. The monoisotopic (exact) mass is 1070 g/mol. The third-order valence-corrected chi connectivity index (χ3v) is 12.0. The van der Waals surface area contributed by atoms with Crippen LogP contribution in [-0.2, 0) is 78.7 Å². The molecule has 0 spiro atoms. The second kappa shape index (κ2) is 31.9. The Labute approximate surface area is 431 Å². The Bertz CT molecular complexity index is 2130. The van der Waals surface area contributed by atoms with Crippen LogP contribution in [-0.4, -0.2) is 202 Å². The van der Waals surface area contributed by atoms with Gasteiger partial charge in [-0.15, -0.1) is 10.2 Å². The van der Waals surface area contributed by atoms with Crippen molar-refractivity contribution in [3.63, 3.8) is 0 Å². The quantitative estimate of drug-likeness (QED) is 0.0140. The van der Waals surface area contributed by atoms with E-state index in [2.05, 4.69) is 58.0 Å². The van der Waals surface area contributed by atoms with E-state index >= 15 is 0 Å². The fourth-order valence-corrected chi connectivity index (χ4v) is 7.62. The number of amides is 7. The smallest absolute Gasteiger partial charge is 0.242 e. The topological polar surface area (TPSA) is 449 Å². The largest absolute Gasteiger partial charge is 0.388 e. The molecule has 2 aromatic heterocycles. The molecular formula is C44H74N14O17. The van der Waals surface area contributed by atoms with E-state index in [-0.39, 0.29) is 103 Å². The van der Waals surface area contributed by atoms with E-state index in [0.29, 0.717) is 30.7 Å². The van der Waals surface area contributed by atoms with Crippen LogP contribution in [0, 0.1) is 0 Å². The number of rotatable bonds is 32. The lowest BCUT2D eigenvalue weighted by molar-refractivity contribution is -0.293. The zero-order chi connectivity index (χ0) is 55.0. The molecule has 75 heavy (non-hydrogen) atoms. The van der Waals surface area contributed by atoms with Crippen molar-refractivity contribution in [3.8, 4) is 0 Å². The Hall–Kier alpha value is -5.87. The molecule has 4 heterocycles. The first-order valence-electron chi connectivity index (χ1n) is 24.8. The number of ether oxygens (including phenoxy) is 4. The van der Waals surface area contributed by atoms with Gasteiger partial charge in [-0.1, -0.05) is 16.8 Å². The Morgan fingerprint density at radius 1 is 0.587 bits per heavy atom. The number of nitrogens with one attached hydrogen (secondary N) is 7. The predicted octanol–water partition coefficient (Wildman–Crippen LogP) is -6.40. The average molecular weight is 1070 g/mol. The molecule has 2 saturated heterocycles. The molecule has 0 saturated carbocycles. The molecule has 0 radical (unpaired) electrons. The van der Waals surface area contributed by atoms with Crippen molar-refractivity contribution in [2.75, 3.05) is 26.3 Å². The molecule has 2 aromatic rings. The highest BCUT2D eigenvalue weighted by Crippen LogP contribution is 2.23. The van der Waals surface area contributed by atoms with Crippen LogP contribution in [0.15, 0.2) is 12.4 Å². The number of unbranched alkanes of at least 4 members (excludes halogenated alkanes) is 2. The van der Waals surface area contributed by atoms with E-state index in [0.717, 1.165) is 0 Å². The SMILES string of the molecule is CC(=O)NC(CCC(=O)NCc1cn(CCO[C@@H]2O[C@@H](C)[C@@H](O)[C@@H](O)[C@@H]2O)nn1)C(=O)NCCCC(=O)NC(CCC(=O)NCc1cn(CCO[C@@H]2O[C@@H](C)[C@@H](O)[C@@H](O)[C@@H]2O)nn1)C(=O)NCCCCCC(=O)NN. The van der Waals surface area contributed by atoms with Crippen molar-refractivity contribution >= 4 is 41.4 Å². The van der Waals surface area contributed by atoms with Crippen molar-refractivity contribution in [1.82, 2.24) is 67.3 Å². The Balaban J connectivity index is 1.17. The fraction of sp³-hybridized carbons (Fsp3) is 0.750. The number of nitrogens with two attached hydrogens (primary N) is 1. The van der Waals surface area contributed by atoms with Gasteiger partial charge in [0.15, 0.2) is 12.6 Å². The predicted molar refractivity (Wildman–Crippen MR) is 254 cm³/mol. The van der Waals surface area contributed by atoms with E-state index < -0.39 is 109 Å². The van der Waals surface area contributed by atoms with Crippen LogP contribution in [0.1, 0.15) is 96.4 Å². The Morgan fingerprint density at radius 3 is 1.51 bits per heavy atom. The summed E-state index contributed by atoms with van der Waals surface area (Å²) in [5.41, 5.74) is 2.84. The number of aromatic nitrogens is 6. The van der Waals surface area contributed by atoms with E-state index in [1.807, 2.05) is 0 Å². The average Bonchev–Trinajstić information content (AvgIpc) is 4.05. The minimum atomic E-state index is -1.46. The van der Waals surface area contributed by atoms with Crippen LogP contribution in [0.2, 0.25) is 0 Å². The lowest BCUT2D eigenvalue weighted by Gasteiger charge is -2.38. The number of hydrazine groups is 1. The summed E-state index contributed by atoms with van der Waals surface area (Å²) < 4.78 is 24.7. The van der Waals surface area contributed by atoms with Gasteiger partial charge in [0.25, 0.3) is 0 Å². The molecule has 2 aliphatic rings. The summed E-state index contributed by atoms with van der Waals surface area (Å²) in [5.74, 6) is 1.70. The van der Waals surface area contributed by atoms with Crippen molar-refractivity contribution < 1.29 is 83.1 Å². The molecular weight excluding hydrogens is 997 g/mol. The maximum atomic E-state index is 13.3. The summed E-state index contributed by atoms with van der Waals surface area (Å²) in [4.78, 5) is 88.4. The molecule has 7 amide bonds. The maximum absolute atomic E-state index is 13.3. The molecule has 4 rings (SSSR count). The van der Waals surface area contributed by atoms with Crippen LogP contribution in [0.4, 0.5) is 0 Å². The number of hydrogen-bond acceptors (Lipinski definition) is 22. The van der Waals surface area contributed by atoms with Crippen molar-refractivity contribution in [2.24, 2.45) is 5.84 Å². The molecule has 2 unspecified atom stereocenters. The highest BCUT2D eigenvalue weighted by atomic mass is 16.7. The molecule has 422 valence electrons. The summed E-state index contributed by atoms with van der Waals surface area (Å²) >= 11 is 0. The van der Waals surface area contributed by atoms with E-state index in [9.17, 15) is 64.2 Å². The summed E-state index contributed by atoms with van der Waals surface area (Å²) in [6.07, 6.45) is -7.66. The summed E-state index contributed by atoms with van der Waals surface area (Å²) in [6, 6.07) is -2.20. The van der Waals surface area contributed by atoms with Crippen molar-refractivity contribution in [1.29, 1.82) is 0 Å². The lowest BCUT2D eigenvalue weighted by Crippen LogP contribution is -2.57. The first-order chi connectivity index (χ1) is 35.8. The van der Waals surface area contributed by atoms with Gasteiger partial charge < -0.3 is 81.5 Å². The second-order valence-corrected chi connectivity index (χ2v) is 18.1. The lowest BCUT2D eigenvalue weighted by atomic mass is 10.0. The number of hydrogen-bond donors (Lipinski definition) is 14. The Kier molecular flexibility index (Phi) is 26.2. The van der Waals surface area contributed by atoms with Crippen LogP contribution in [0.25, 0.3) is 0 Å². The third kappa shape index (κ3) is 21.4. The first-order valence-corrected chi connectivity index (χ1v) is 24.8. The normalized spacial score (nSPS) is 24.3. The van der Waals surface area contributed by atoms with Gasteiger partial charge in [0.05, 0.1) is 64.0 Å². The van der Waals surface area contributed by atoms with Crippen LogP contribution >= 0.6 is 0 Å². The summed E-state index contributed by atoms with van der Waals surface area (Å²) in [7, 11) is 0. The fourth-order valence-electron chi connectivity index (χ4n) is 7.62. The van der Waals surface area contributed by atoms with Gasteiger partial charge in [0.2, 0.25) is 41.4 Å². The van der Waals surface area contributed by atoms with Crippen LogP contribution in [0.5, 0.6) is 0 Å². The van der Waals surface area contributed by atoms with Gasteiger partial charge >= 0.3 is 0 Å². The molecule has 12 atom stereocenters. The van der Waals surface area contributed by atoms with Crippen LogP contribution < -0.4 is 43.2 Å². The van der Waals surface area contributed by atoms with Gasteiger partial charge in [-0.25, -0.2) is 15.2 Å². The molecule has 2 fully saturated rings. The van der Waals surface area contributed by atoms with E-state index in [1.165, 1.54) is 30.1 Å². The van der Waals surface area contributed by atoms with Crippen LogP contribution in [0.3, 0.4) is 0 Å². The van der Waals surface area contributed by atoms with E-state index in [4.69, 9.17) is 24.8 Å². The molecule has 0 aromatic carbocycles. The first kappa shape index (κ1) is 61.7. The molecule has 31 heteroatoms. The summed E-state index contributed by atoms with van der Waals surface area (Å²) in [6.45, 7) is 4.87. The minimum absolute atomic E-state index is 0.000727. The standard InChI is InChI=1S/C44H74N14O17/c1-24-35(64)37(66)39(68)43(74-24)72-18-16-57-22-27(53-55-57)20-48-31(60)12-10-29(50-26(3)59)41(70)47-15-7-9-33(62)51-30(42(71)46-14-6-4-5-8-34(63)52-45)11-13-32(61)49-21-28-23-58(56-54-28)17-19-73-44-40(69)38(67)36(65)25(2)75-44/h22-25,29-30,35-40,43-44,64-69H,4-21,45H2,1-3H3,(H,46,71)(H,47,70)(H,48,60)(H,49,61)(H,50,59)(H,51,62)(H,52,63)/t24-,25-,29?,30?,35+,36+,37+,38+,39-,40-,43+,44+/m0/s1. The molecule has 0 aliphatic carbocycles. The van der Waals surface area contributed by atoms with E-state index in [1.54, 1.807) is 12.4 Å².